The van der Waals surface area contributed by atoms with Crippen LogP contribution in [0.4, 0.5) is 4.79 Å². The van der Waals surface area contributed by atoms with E-state index >= 15 is 0 Å². The highest BCUT2D eigenvalue weighted by Crippen LogP contribution is 2.37. The lowest BCUT2D eigenvalue weighted by atomic mass is 9.75. The van der Waals surface area contributed by atoms with Gasteiger partial charge in [-0.1, -0.05) is 13.8 Å². The summed E-state index contributed by atoms with van der Waals surface area (Å²) in [6.45, 7) is 5.11. The summed E-state index contributed by atoms with van der Waals surface area (Å²) >= 11 is 0. The maximum Gasteiger partial charge on any atom is 0.326 e. The highest BCUT2D eigenvalue weighted by molar-refractivity contribution is 5.83. The van der Waals surface area contributed by atoms with Gasteiger partial charge in [-0.2, -0.15) is 0 Å². The highest BCUT2D eigenvalue weighted by Gasteiger charge is 2.38. The Kier molecular flexibility index (Phi) is 4.25. The molecule has 2 amide bonds. The van der Waals surface area contributed by atoms with Crippen LogP contribution in [0.5, 0.6) is 0 Å². The Hall–Kier alpha value is -1.26. The van der Waals surface area contributed by atoms with E-state index in [4.69, 9.17) is 0 Å². The summed E-state index contributed by atoms with van der Waals surface area (Å²) < 4.78 is 0. The fraction of sp³-hybridized carbons (Fsp3) is 0.867. The Bertz CT molecular complexity index is 385. The van der Waals surface area contributed by atoms with Gasteiger partial charge in [-0.05, 0) is 43.9 Å². The minimum atomic E-state index is -0.881. The second kappa shape index (κ2) is 5.62. The predicted molar refractivity (Wildman–Crippen MR) is 76.6 cm³/mol. The number of hydrogen-bond acceptors (Lipinski definition) is 2. The third kappa shape index (κ3) is 3.07. The molecule has 2 rings (SSSR count). The second-order valence-corrected chi connectivity index (χ2v) is 6.98. The molecule has 0 aromatic heterocycles. The molecule has 5 heteroatoms. The number of carbonyl (C=O) groups is 2. The van der Waals surface area contributed by atoms with Gasteiger partial charge in [0, 0.05) is 19.6 Å². The zero-order chi connectivity index (χ0) is 14.9. The molecule has 0 unspecified atom stereocenters. The van der Waals surface area contributed by atoms with Gasteiger partial charge in [-0.3, -0.25) is 0 Å². The van der Waals surface area contributed by atoms with E-state index in [1.165, 1.54) is 4.90 Å². The molecule has 20 heavy (non-hydrogen) atoms. The summed E-state index contributed by atoms with van der Waals surface area (Å²) in [4.78, 5) is 27.0. The van der Waals surface area contributed by atoms with Gasteiger partial charge in [-0.25, -0.2) is 9.59 Å². The van der Waals surface area contributed by atoms with Crippen molar-refractivity contribution in [2.75, 3.05) is 13.6 Å². The first-order chi connectivity index (χ1) is 9.32. The molecule has 1 N–H and O–H groups in total. The van der Waals surface area contributed by atoms with E-state index in [0.717, 1.165) is 32.1 Å². The molecule has 114 valence electrons. The molecule has 2 aliphatic rings. The largest absolute Gasteiger partial charge is 0.480 e. The van der Waals surface area contributed by atoms with Crippen LogP contribution in [0.25, 0.3) is 0 Å². The van der Waals surface area contributed by atoms with Crippen molar-refractivity contribution in [3.05, 3.63) is 0 Å². The van der Waals surface area contributed by atoms with Crippen LogP contribution in [0.1, 0.15) is 52.4 Å². The van der Waals surface area contributed by atoms with Crippen LogP contribution in [0.3, 0.4) is 0 Å². The van der Waals surface area contributed by atoms with Gasteiger partial charge in [0.05, 0.1) is 0 Å². The second-order valence-electron chi connectivity index (χ2n) is 6.98. The van der Waals surface area contributed by atoms with Gasteiger partial charge in [0.25, 0.3) is 0 Å². The molecule has 1 heterocycles. The van der Waals surface area contributed by atoms with Gasteiger partial charge in [0.1, 0.15) is 6.04 Å². The fourth-order valence-electron chi connectivity index (χ4n) is 3.38. The number of rotatable bonds is 2. The number of urea groups is 1. The molecule has 0 aromatic carbocycles. The van der Waals surface area contributed by atoms with E-state index in [1.807, 2.05) is 7.05 Å². The molecule has 2 fully saturated rings. The average molecular weight is 282 g/mol. The Morgan fingerprint density at radius 2 is 1.80 bits per heavy atom. The molecule has 0 bridgehead atoms. The monoisotopic (exact) mass is 282 g/mol. The lowest BCUT2D eigenvalue weighted by Crippen LogP contribution is -2.50. The van der Waals surface area contributed by atoms with Crippen LogP contribution >= 0.6 is 0 Å². The first-order valence-corrected chi connectivity index (χ1v) is 7.58. The number of carboxylic acid groups (broad SMARTS) is 1. The van der Waals surface area contributed by atoms with E-state index in [9.17, 15) is 14.7 Å². The quantitative estimate of drug-likeness (QED) is 0.846. The smallest absolute Gasteiger partial charge is 0.326 e. The zero-order valence-corrected chi connectivity index (χ0v) is 12.8. The molecule has 0 aromatic rings. The normalized spacial score (nSPS) is 26.6. The van der Waals surface area contributed by atoms with Gasteiger partial charge in [-0.15, -0.1) is 0 Å². The van der Waals surface area contributed by atoms with Gasteiger partial charge in [0.2, 0.25) is 0 Å². The van der Waals surface area contributed by atoms with Crippen molar-refractivity contribution in [3.63, 3.8) is 0 Å². The molecule has 1 aliphatic carbocycles. The molecular weight excluding hydrogens is 256 g/mol. The topological polar surface area (TPSA) is 60.9 Å². The first kappa shape index (κ1) is 15.1. The molecule has 1 saturated heterocycles. The Morgan fingerprint density at radius 1 is 1.20 bits per heavy atom. The van der Waals surface area contributed by atoms with E-state index < -0.39 is 12.0 Å². The number of likely N-dealkylation sites (tertiary alicyclic amines) is 1. The molecule has 1 saturated carbocycles. The number of carbonyl (C=O) groups excluding carboxylic acids is 1. The number of aliphatic carboxylic acids is 1. The van der Waals surface area contributed by atoms with Crippen LogP contribution < -0.4 is 0 Å². The van der Waals surface area contributed by atoms with Crippen molar-refractivity contribution in [1.29, 1.82) is 0 Å². The van der Waals surface area contributed by atoms with Crippen LogP contribution in [-0.2, 0) is 4.79 Å². The summed E-state index contributed by atoms with van der Waals surface area (Å²) in [7, 11) is 1.82. The van der Waals surface area contributed by atoms with E-state index in [0.29, 0.717) is 18.4 Å². The van der Waals surface area contributed by atoms with E-state index in [-0.39, 0.29) is 12.1 Å². The Morgan fingerprint density at radius 3 is 2.35 bits per heavy atom. The maximum atomic E-state index is 12.5. The summed E-state index contributed by atoms with van der Waals surface area (Å²) in [6, 6.07) is -0.491. The minimum Gasteiger partial charge on any atom is -0.480 e. The number of hydrogen-bond donors (Lipinski definition) is 1. The molecule has 5 nitrogen and oxygen atoms in total. The Labute approximate surface area is 120 Å². The van der Waals surface area contributed by atoms with Crippen LogP contribution in [0.2, 0.25) is 0 Å². The molecule has 1 aliphatic heterocycles. The lowest BCUT2D eigenvalue weighted by molar-refractivity contribution is -0.141. The van der Waals surface area contributed by atoms with Crippen molar-refractivity contribution in [3.8, 4) is 0 Å². The standard InChI is InChI=1S/C15H26N2O3/c1-15(2)8-6-11(7-9-15)16(3)14(20)17-10-4-5-12(17)13(18)19/h11-12H,4-10H2,1-3H3,(H,18,19)/t12-/m0/s1. The third-order valence-electron chi connectivity index (χ3n) is 4.94. The van der Waals surface area contributed by atoms with E-state index in [2.05, 4.69) is 13.8 Å². The minimum absolute atomic E-state index is 0.111. The predicted octanol–water partition coefficient (Wildman–Crippen LogP) is 2.56. The molecule has 1 atom stereocenters. The average Bonchev–Trinajstić information content (AvgIpc) is 2.86. The highest BCUT2D eigenvalue weighted by atomic mass is 16.4. The maximum absolute atomic E-state index is 12.5. The van der Waals surface area contributed by atoms with Crippen LogP contribution in [0.15, 0.2) is 0 Å². The number of nitrogens with zero attached hydrogens (tertiary/aromatic N) is 2. The van der Waals surface area contributed by atoms with Crippen molar-refractivity contribution in [1.82, 2.24) is 9.80 Å². The fourth-order valence-corrected chi connectivity index (χ4v) is 3.38. The van der Waals surface area contributed by atoms with Crippen molar-refractivity contribution >= 4 is 12.0 Å². The van der Waals surface area contributed by atoms with Crippen molar-refractivity contribution in [2.45, 2.75) is 64.5 Å². The van der Waals surface area contributed by atoms with Crippen molar-refractivity contribution < 1.29 is 14.7 Å². The number of carboxylic acids is 1. The molecule has 0 spiro atoms. The summed E-state index contributed by atoms with van der Waals surface area (Å²) in [5, 5.41) is 9.18. The summed E-state index contributed by atoms with van der Waals surface area (Å²) in [5.41, 5.74) is 0.373. The van der Waals surface area contributed by atoms with Gasteiger partial charge >= 0.3 is 12.0 Å². The van der Waals surface area contributed by atoms with Gasteiger partial charge < -0.3 is 14.9 Å². The van der Waals surface area contributed by atoms with Crippen LogP contribution in [-0.4, -0.2) is 52.6 Å². The third-order valence-corrected chi connectivity index (χ3v) is 4.94. The number of amides is 2. The summed E-state index contributed by atoms with van der Waals surface area (Å²) in [6.07, 6.45) is 5.64. The van der Waals surface area contributed by atoms with Gasteiger partial charge in [0.15, 0.2) is 0 Å². The van der Waals surface area contributed by atoms with E-state index in [1.54, 1.807) is 4.90 Å². The summed E-state index contributed by atoms with van der Waals surface area (Å²) in [5.74, 6) is -0.881. The Balaban J connectivity index is 1.97. The van der Waals surface area contributed by atoms with Crippen molar-refractivity contribution in [2.24, 2.45) is 5.41 Å². The lowest BCUT2D eigenvalue weighted by Gasteiger charge is -2.40. The SMILES string of the molecule is CN(C(=O)N1CCC[C@H]1C(=O)O)C1CCC(C)(C)CC1. The molecular formula is C15H26N2O3. The first-order valence-electron chi connectivity index (χ1n) is 7.58. The van der Waals surface area contributed by atoms with Crippen LogP contribution in [0, 0.1) is 5.41 Å². The zero-order valence-electron chi connectivity index (χ0n) is 12.8. The molecule has 0 radical (unpaired) electrons.